The monoisotopic (exact) mass is 196 g/mol. The molecule has 0 amide bonds. The number of hydrogen-bond acceptors (Lipinski definition) is 4. The zero-order valence-electron chi connectivity index (χ0n) is 6.48. The minimum absolute atomic E-state index is 0.109. The van der Waals surface area contributed by atoms with Crippen molar-refractivity contribution in [3.05, 3.63) is 35.9 Å². The summed E-state index contributed by atoms with van der Waals surface area (Å²) in [6.45, 7) is 0. The van der Waals surface area contributed by atoms with Crippen LogP contribution in [-0.2, 0) is 0 Å². The van der Waals surface area contributed by atoms with E-state index in [-0.39, 0.29) is 11.3 Å². The van der Waals surface area contributed by atoms with E-state index in [1.807, 2.05) is 0 Å². The number of halogens is 1. The van der Waals surface area contributed by atoms with Gasteiger partial charge < -0.3 is 9.15 Å². The van der Waals surface area contributed by atoms with Gasteiger partial charge in [0.2, 0.25) is 5.22 Å². The van der Waals surface area contributed by atoms with E-state index in [0.717, 1.165) is 0 Å². The Morgan fingerprint density at radius 1 is 1.38 bits per heavy atom. The van der Waals surface area contributed by atoms with Crippen molar-refractivity contribution in [2.45, 2.75) is 0 Å². The Morgan fingerprint density at radius 3 is 2.92 bits per heavy atom. The van der Waals surface area contributed by atoms with Crippen LogP contribution in [0.25, 0.3) is 0 Å². The third-order valence-electron chi connectivity index (χ3n) is 1.30. The van der Waals surface area contributed by atoms with Crippen LogP contribution in [0.15, 0.2) is 35.1 Å². The molecule has 0 fully saturated rings. The summed E-state index contributed by atoms with van der Waals surface area (Å²) in [6, 6.07) is 3.49. The lowest BCUT2D eigenvalue weighted by molar-refractivity contribution is 0.330. The van der Waals surface area contributed by atoms with Crippen molar-refractivity contribution < 1.29 is 9.15 Å². The van der Waals surface area contributed by atoms with E-state index in [9.17, 15) is 0 Å². The van der Waals surface area contributed by atoms with Gasteiger partial charge in [-0.15, -0.1) is 0 Å². The molecule has 2 rings (SSSR count). The predicted molar refractivity (Wildman–Crippen MR) is 45.8 cm³/mol. The van der Waals surface area contributed by atoms with Crippen molar-refractivity contribution in [1.82, 2.24) is 9.97 Å². The van der Waals surface area contributed by atoms with Crippen molar-refractivity contribution >= 4 is 11.6 Å². The van der Waals surface area contributed by atoms with Gasteiger partial charge in [0.15, 0.2) is 5.75 Å². The van der Waals surface area contributed by atoms with Gasteiger partial charge in [-0.05, 0) is 23.7 Å². The first-order chi connectivity index (χ1) is 6.34. The summed E-state index contributed by atoms with van der Waals surface area (Å²) in [7, 11) is 0. The van der Waals surface area contributed by atoms with E-state index in [1.165, 1.54) is 6.20 Å². The summed E-state index contributed by atoms with van der Waals surface area (Å²) in [6.07, 6.45) is 4.68. The standard InChI is InChI=1S/C8H5ClN2O2/c9-7-5-11-8(13-7)12-6-2-1-3-10-4-6/h1-5H. The fourth-order valence-corrected chi connectivity index (χ4v) is 0.910. The summed E-state index contributed by atoms with van der Waals surface area (Å²) in [4.78, 5) is 7.62. The lowest BCUT2D eigenvalue weighted by atomic mass is 10.5. The van der Waals surface area contributed by atoms with Crippen LogP contribution < -0.4 is 4.74 Å². The fourth-order valence-electron chi connectivity index (χ4n) is 0.795. The molecule has 0 aliphatic heterocycles. The van der Waals surface area contributed by atoms with Gasteiger partial charge in [-0.2, -0.15) is 4.98 Å². The smallest absolute Gasteiger partial charge is 0.400 e. The van der Waals surface area contributed by atoms with Crippen LogP contribution in [0.4, 0.5) is 0 Å². The highest BCUT2D eigenvalue weighted by atomic mass is 35.5. The molecule has 2 aromatic heterocycles. The predicted octanol–water partition coefficient (Wildman–Crippen LogP) is 2.52. The molecule has 2 heterocycles. The van der Waals surface area contributed by atoms with E-state index in [0.29, 0.717) is 5.75 Å². The van der Waals surface area contributed by atoms with Gasteiger partial charge in [0.25, 0.3) is 0 Å². The molecule has 0 atom stereocenters. The maximum atomic E-state index is 5.50. The molecule has 0 aliphatic rings. The zero-order chi connectivity index (χ0) is 9.10. The molecule has 0 aliphatic carbocycles. The fraction of sp³-hybridized carbons (Fsp3) is 0. The average Bonchev–Trinajstić information content (AvgIpc) is 2.53. The molecule has 66 valence electrons. The quantitative estimate of drug-likeness (QED) is 0.741. The summed E-state index contributed by atoms with van der Waals surface area (Å²) < 4.78 is 10.1. The molecule has 0 aromatic carbocycles. The molecule has 0 unspecified atom stereocenters. The van der Waals surface area contributed by atoms with E-state index >= 15 is 0 Å². The molecule has 0 bridgehead atoms. The highest BCUT2D eigenvalue weighted by Gasteiger charge is 2.03. The molecule has 0 spiro atoms. The highest BCUT2D eigenvalue weighted by molar-refractivity contribution is 6.28. The Kier molecular flexibility index (Phi) is 2.14. The number of hydrogen-bond donors (Lipinski definition) is 0. The Morgan fingerprint density at radius 2 is 2.31 bits per heavy atom. The van der Waals surface area contributed by atoms with Crippen molar-refractivity contribution in [2.75, 3.05) is 0 Å². The normalized spacial score (nSPS) is 9.92. The summed E-state index contributed by atoms with van der Waals surface area (Å²) in [5.74, 6) is 0.556. The van der Waals surface area contributed by atoms with Crippen molar-refractivity contribution in [3.8, 4) is 11.8 Å². The van der Waals surface area contributed by atoms with E-state index < -0.39 is 0 Å². The Labute approximate surface area is 79.1 Å². The first kappa shape index (κ1) is 8.07. The number of ether oxygens (including phenoxy) is 1. The minimum Gasteiger partial charge on any atom is -0.409 e. The van der Waals surface area contributed by atoms with Gasteiger partial charge >= 0.3 is 6.08 Å². The lowest BCUT2D eigenvalue weighted by Crippen LogP contribution is -1.83. The molecule has 2 aromatic rings. The highest BCUT2D eigenvalue weighted by Crippen LogP contribution is 2.21. The van der Waals surface area contributed by atoms with Crippen molar-refractivity contribution in [3.63, 3.8) is 0 Å². The van der Waals surface area contributed by atoms with Gasteiger partial charge in [0, 0.05) is 6.20 Å². The molecule has 13 heavy (non-hydrogen) atoms. The van der Waals surface area contributed by atoms with Crippen LogP contribution in [0.1, 0.15) is 0 Å². The van der Waals surface area contributed by atoms with Crippen LogP contribution in [0.2, 0.25) is 5.22 Å². The SMILES string of the molecule is Clc1cnc(Oc2cccnc2)o1. The third kappa shape index (κ3) is 1.97. The molecule has 5 heteroatoms. The topological polar surface area (TPSA) is 48.2 Å². The largest absolute Gasteiger partial charge is 0.409 e. The molecule has 4 nitrogen and oxygen atoms in total. The molecule has 0 radical (unpaired) electrons. The minimum atomic E-state index is 0.109. The van der Waals surface area contributed by atoms with Gasteiger partial charge in [0.05, 0.1) is 12.4 Å². The second-order valence-electron chi connectivity index (χ2n) is 2.22. The third-order valence-corrected chi connectivity index (χ3v) is 1.47. The molecular formula is C8H5ClN2O2. The Balaban J connectivity index is 2.15. The molecule has 0 saturated carbocycles. The number of nitrogens with zero attached hydrogens (tertiary/aromatic N) is 2. The number of aromatic nitrogens is 2. The maximum absolute atomic E-state index is 5.50. The van der Waals surface area contributed by atoms with Gasteiger partial charge in [0.1, 0.15) is 0 Å². The van der Waals surface area contributed by atoms with Gasteiger partial charge in [-0.3, -0.25) is 4.98 Å². The van der Waals surface area contributed by atoms with Crippen molar-refractivity contribution in [2.24, 2.45) is 0 Å². The van der Waals surface area contributed by atoms with Gasteiger partial charge in [-0.25, -0.2) is 0 Å². The lowest BCUT2D eigenvalue weighted by Gasteiger charge is -1.97. The van der Waals surface area contributed by atoms with Crippen molar-refractivity contribution in [1.29, 1.82) is 0 Å². The number of rotatable bonds is 2. The van der Waals surface area contributed by atoms with Crippen LogP contribution >= 0.6 is 11.6 Å². The van der Waals surface area contributed by atoms with Crippen LogP contribution in [0.3, 0.4) is 0 Å². The summed E-state index contributed by atoms with van der Waals surface area (Å²) in [5.41, 5.74) is 0. The second-order valence-corrected chi connectivity index (χ2v) is 2.59. The molecular weight excluding hydrogens is 192 g/mol. The zero-order valence-corrected chi connectivity index (χ0v) is 7.23. The van der Waals surface area contributed by atoms with Crippen LogP contribution in [0, 0.1) is 0 Å². The first-order valence-corrected chi connectivity index (χ1v) is 3.91. The van der Waals surface area contributed by atoms with E-state index in [2.05, 4.69) is 9.97 Å². The van der Waals surface area contributed by atoms with E-state index in [1.54, 1.807) is 24.5 Å². The summed E-state index contributed by atoms with van der Waals surface area (Å²) >= 11 is 5.50. The van der Waals surface area contributed by atoms with Gasteiger partial charge in [-0.1, -0.05) is 0 Å². The maximum Gasteiger partial charge on any atom is 0.400 e. The summed E-state index contributed by atoms with van der Waals surface area (Å²) in [5, 5.41) is 0.193. The molecule has 0 N–H and O–H groups in total. The van der Waals surface area contributed by atoms with Crippen LogP contribution in [-0.4, -0.2) is 9.97 Å². The average molecular weight is 197 g/mol. The van der Waals surface area contributed by atoms with E-state index in [4.69, 9.17) is 20.8 Å². The Hall–Kier alpha value is -1.55. The molecule has 0 saturated heterocycles. The Bertz CT molecular complexity index is 388. The number of oxazole rings is 1. The van der Waals surface area contributed by atoms with Crippen LogP contribution in [0.5, 0.6) is 11.8 Å². The first-order valence-electron chi connectivity index (χ1n) is 3.54. The second kappa shape index (κ2) is 3.45. The number of pyridine rings is 1.